The van der Waals surface area contributed by atoms with Gasteiger partial charge in [-0.05, 0) is 12.8 Å². The van der Waals surface area contributed by atoms with Gasteiger partial charge in [0.2, 0.25) is 5.91 Å². The van der Waals surface area contributed by atoms with E-state index < -0.39 is 24.6 Å². The van der Waals surface area contributed by atoms with Crippen molar-refractivity contribution in [1.82, 2.24) is 10.6 Å². The number of amides is 1. The van der Waals surface area contributed by atoms with Gasteiger partial charge < -0.3 is 15.7 Å². The van der Waals surface area contributed by atoms with Crippen molar-refractivity contribution in [3.05, 3.63) is 0 Å². The number of carbonyl (C=O) groups excluding carboxylic acids is 1. The summed E-state index contributed by atoms with van der Waals surface area (Å²) in [5.74, 6) is -4.37. The van der Waals surface area contributed by atoms with E-state index in [1.54, 1.807) is 0 Å². The minimum Gasteiger partial charge on any atom is -0.481 e. The van der Waals surface area contributed by atoms with Gasteiger partial charge >= 0.3 is 12.1 Å². The van der Waals surface area contributed by atoms with Crippen LogP contribution in [0.1, 0.15) is 12.8 Å². The molecule has 0 aliphatic heterocycles. The van der Waals surface area contributed by atoms with Crippen LogP contribution in [0.4, 0.5) is 13.2 Å². The number of halogens is 3. The van der Waals surface area contributed by atoms with Crippen molar-refractivity contribution in [3.8, 4) is 0 Å². The quantitative estimate of drug-likeness (QED) is 0.583. The summed E-state index contributed by atoms with van der Waals surface area (Å²) < 4.78 is 36.7. The van der Waals surface area contributed by atoms with Crippen molar-refractivity contribution in [2.24, 2.45) is 11.8 Å². The lowest BCUT2D eigenvalue weighted by molar-refractivity contribution is -0.192. The molecule has 0 spiro atoms. The summed E-state index contributed by atoms with van der Waals surface area (Å²) in [6, 6.07) is 0. The molecule has 0 bridgehead atoms. The summed E-state index contributed by atoms with van der Waals surface area (Å²) >= 11 is 0. The second kappa shape index (κ2) is 6.03. The van der Waals surface area contributed by atoms with Crippen LogP contribution in [0.2, 0.25) is 0 Å². The van der Waals surface area contributed by atoms with Gasteiger partial charge in [-0.1, -0.05) is 0 Å². The van der Waals surface area contributed by atoms with Crippen LogP contribution < -0.4 is 10.6 Å². The number of carboxylic acid groups (broad SMARTS) is 1. The van der Waals surface area contributed by atoms with Crippen LogP contribution in [-0.4, -0.2) is 42.8 Å². The highest BCUT2D eigenvalue weighted by Crippen LogP contribution is 2.28. The third-order valence-electron chi connectivity index (χ3n) is 2.59. The maximum absolute atomic E-state index is 12.2. The summed E-state index contributed by atoms with van der Waals surface area (Å²) in [5.41, 5.74) is 0. The van der Waals surface area contributed by atoms with Gasteiger partial charge in [-0.2, -0.15) is 13.2 Å². The lowest BCUT2D eigenvalue weighted by Gasteiger charge is -2.16. The molecule has 1 aliphatic carbocycles. The molecule has 18 heavy (non-hydrogen) atoms. The van der Waals surface area contributed by atoms with Gasteiger partial charge in [0.05, 0.1) is 0 Å². The monoisotopic (exact) mass is 268 g/mol. The number of carbonyl (C=O) groups is 2. The zero-order valence-electron chi connectivity index (χ0n) is 9.59. The van der Waals surface area contributed by atoms with E-state index in [4.69, 9.17) is 5.11 Å². The van der Waals surface area contributed by atoms with Gasteiger partial charge in [-0.25, -0.2) is 0 Å². The second-order valence-electron chi connectivity index (χ2n) is 4.20. The Balaban J connectivity index is 2.15. The standard InChI is InChI=1S/C10H15F3N2O3/c11-10(12,13)7(9(17)18)5-14-3-4-15-8(16)6-1-2-6/h6-7,14H,1-5H2,(H,15,16)(H,17,18). The highest BCUT2D eigenvalue weighted by atomic mass is 19.4. The summed E-state index contributed by atoms with van der Waals surface area (Å²) in [6.07, 6.45) is -3.06. The Morgan fingerprint density at radius 3 is 2.33 bits per heavy atom. The fourth-order valence-electron chi connectivity index (χ4n) is 1.35. The average Bonchev–Trinajstić information content (AvgIpc) is 3.03. The molecule has 0 aromatic rings. The molecule has 1 amide bonds. The average molecular weight is 268 g/mol. The van der Waals surface area contributed by atoms with Crippen molar-refractivity contribution in [1.29, 1.82) is 0 Å². The summed E-state index contributed by atoms with van der Waals surface area (Å²) in [5, 5.41) is 13.3. The van der Waals surface area contributed by atoms with E-state index in [1.807, 2.05) is 0 Å². The maximum Gasteiger partial charge on any atom is 0.403 e. The number of hydrogen-bond acceptors (Lipinski definition) is 3. The first kappa shape index (κ1) is 14.7. The zero-order valence-corrected chi connectivity index (χ0v) is 9.59. The normalized spacial score (nSPS) is 17.3. The minimum absolute atomic E-state index is 0.0481. The highest BCUT2D eigenvalue weighted by Gasteiger charge is 2.44. The lowest BCUT2D eigenvalue weighted by atomic mass is 10.1. The van der Waals surface area contributed by atoms with Crippen LogP contribution in [0.15, 0.2) is 0 Å². The number of alkyl halides is 3. The number of hydrogen-bond donors (Lipinski definition) is 3. The largest absolute Gasteiger partial charge is 0.481 e. The molecule has 5 nitrogen and oxygen atoms in total. The van der Waals surface area contributed by atoms with Crippen LogP contribution in [-0.2, 0) is 9.59 Å². The van der Waals surface area contributed by atoms with E-state index in [9.17, 15) is 22.8 Å². The topological polar surface area (TPSA) is 78.4 Å². The van der Waals surface area contributed by atoms with Crippen LogP contribution in [0.5, 0.6) is 0 Å². The maximum atomic E-state index is 12.2. The predicted octanol–water partition coefficient (Wildman–Crippen LogP) is 0.365. The second-order valence-corrected chi connectivity index (χ2v) is 4.20. The van der Waals surface area contributed by atoms with Gasteiger partial charge in [0.15, 0.2) is 5.92 Å². The molecule has 1 fully saturated rings. The third kappa shape index (κ3) is 4.91. The van der Waals surface area contributed by atoms with Crippen LogP contribution >= 0.6 is 0 Å². The molecule has 3 N–H and O–H groups in total. The molecule has 104 valence electrons. The molecular weight excluding hydrogens is 253 g/mol. The van der Waals surface area contributed by atoms with Gasteiger partial charge in [0.25, 0.3) is 0 Å². The van der Waals surface area contributed by atoms with Crippen molar-refractivity contribution >= 4 is 11.9 Å². The van der Waals surface area contributed by atoms with Gasteiger partial charge in [-0.3, -0.25) is 9.59 Å². The highest BCUT2D eigenvalue weighted by molar-refractivity contribution is 5.80. The Morgan fingerprint density at radius 1 is 1.28 bits per heavy atom. The van der Waals surface area contributed by atoms with Crippen LogP contribution in [0, 0.1) is 11.8 Å². The molecule has 1 unspecified atom stereocenters. The van der Waals surface area contributed by atoms with E-state index in [0.29, 0.717) is 0 Å². The Hall–Kier alpha value is -1.31. The van der Waals surface area contributed by atoms with Crippen molar-refractivity contribution in [3.63, 3.8) is 0 Å². The molecule has 0 aromatic carbocycles. The van der Waals surface area contributed by atoms with E-state index in [1.165, 1.54) is 0 Å². The third-order valence-corrected chi connectivity index (χ3v) is 2.59. The summed E-state index contributed by atoms with van der Waals surface area (Å²) in [7, 11) is 0. The Bertz CT molecular complexity index is 316. The predicted molar refractivity (Wildman–Crippen MR) is 55.8 cm³/mol. The Labute approximate surface area is 102 Å². The van der Waals surface area contributed by atoms with E-state index in [-0.39, 0.29) is 24.9 Å². The van der Waals surface area contributed by atoms with Gasteiger partial charge in [-0.15, -0.1) is 0 Å². The summed E-state index contributed by atoms with van der Waals surface area (Å²) in [4.78, 5) is 21.5. The zero-order chi connectivity index (χ0) is 13.8. The number of rotatable bonds is 7. The Kier molecular flexibility index (Phi) is 4.94. The molecule has 0 heterocycles. The van der Waals surface area contributed by atoms with Gasteiger partial charge in [0.1, 0.15) is 0 Å². The van der Waals surface area contributed by atoms with E-state index in [2.05, 4.69) is 10.6 Å². The first-order valence-corrected chi connectivity index (χ1v) is 5.60. The molecule has 8 heteroatoms. The SMILES string of the molecule is O=C(NCCNCC(C(=O)O)C(F)(F)F)C1CC1. The molecule has 1 atom stereocenters. The number of nitrogens with one attached hydrogen (secondary N) is 2. The Morgan fingerprint density at radius 2 is 1.89 bits per heavy atom. The smallest absolute Gasteiger partial charge is 0.403 e. The number of carboxylic acids is 1. The van der Waals surface area contributed by atoms with Crippen molar-refractivity contribution in [2.45, 2.75) is 19.0 Å². The minimum atomic E-state index is -4.77. The fourth-order valence-corrected chi connectivity index (χ4v) is 1.35. The van der Waals surface area contributed by atoms with E-state index in [0.717, 1.165) is 12.8 Å². The van der Waals surface area contributed by atoms with Crippen molar-refractivity contribution < 1.29 is 27.9 Å². The molecular formula is C10H15F3N2O3. The summed E-state index contributed by atoms with van der Waals surface area (Å²) in [6.45, 7) is -0.393. The fraction of sp³-hybridized carbons (Fsp3) is 0.800. The molecule has 0 radical (unpaired) electrons. The van der Waals surface area contributed by atoms with Crippen molar-refractivity contribution in [2.75, 3.05) is 19.6 Å². The lowest BCUT2D eigenvalue weighted by Crippen LogP contribution is -2.41. The van der Waals surface area contributed by atoms with Gasteiger partial charge in [0, 0.05) is 25.6 Å². The first-order chi connectivity index (χ1) is 8.32. The van der Waals surface area contributed by atoms with E-state index >= 15 is 0 Å². The van der Waals surface area contributed by atoms with Crippen LogP contribution in [0.3, 0.4) is 0 Å². The first-order valence-electron chi connectivity index (χ1n) is 5.60. The molecule has 0 aromatic heterocycles. The number of aliphatic carboxylic acids is 1. The molecule has 1 rings (SSSR count). The van der Waals surface area contributed by atoms with Crippen LogP contribution in [0.25, 0.3) is 0 Å². The molecule has 1 aliphatic rings. The molecule has 1 saturated carbocycles. The molecule has 0 saturated heterocycles.